The molecule has 1 fully saturated rings. The molecule has 0 aliphatic carbocycles. The zero-order valence-electron chi connectivity index (χ0n) is 12.5. The van der Waals surface area contributed by atoms with Crippen molar-refractivity contribution < 1.29 is 9.90 Å². The van der Waals surface area contributed by atoms with E-state index in [4.69, 9.17) is 0 Å². The number of hydrogen-bond acceptors (Lipinski definition) is 5. The zero-order chi connectivity index (χ0) is 15.1. The normalized spacial score (nSPS) is 18.6. The van der Waals surface area contributed by atoms with E-state index in [-0.39, 0.29) is 0 Å². The van der Waals surface area contributed by atoms with E-state index in [1.807, 2.05) is 11.8 Å². The van der Waals surface area contributed by atoms with Crippen LogP contribution in [0.4, 0.5) is 5.82 Å². The van der Waals surface area contributed by atoms with Crippen molar-refractivity contribution in [2.75, 3.05) is 11.4 Å². The number of aryl methyl sites for hydroxylation is 3. The third-order valence-corrected chi connectivity index (χ3v) is 5.28. The number of carboxylic acid groups (broad SMARTS) is 1. The van der Waals surface area contributed by atoms with E-state index < -0.39 is 12.0 Å². The van der Waals surface area contributed by atoms with Crippen LogP contribution in [0.5, 0.6) is 0 Å². The van der Waals surface area contributed by atoms with Gasteiger partial charge in [-0.05, 0) is 32.3 Å². The number of carbonyl (C=O) groups is 1. The average Bonchev–Trinajstić information content (AvgIpc) is 3.04. The van der Waals surface area contributed by atoms with Crippen molar-refractivity contribution in [2.45, 2.75) is 46.1 Å². The lowest BCUT2D eigenvalue weighted by Crippen LogP contribution is -2.36. The SMILES string of the molecule is CCc1nc(N2CCCC2C(=O)O)c2c(C)c(C)sc2n1. The van der Waals surface area contributed by atoms with Crippen LogP contribution in [-0.4, -0.2) is 33.6 Å². The Bertz CT molecular complexity index is 710. The molecule has 2 aromatic rings. The van der Waals surface area contributed by atoms with Gasteiger partial charge in [-0.2, -0.15) is 0 Å². The Morgan fingerprint density at radius 3 is 2.86 bits per heavy atom. The molecule has 1 saturated heterocycles. The number of fused-ring (bicyclic) bond motifs is 1. The highest BCUT2D eigenvalue weighted by Crippen LogP contribution is 2.37. The lowest BCUT2D eigenvalue weighted by atomic mass is 10.2. The first-order chi connectivity index (χ1) is 10.0. The average molecular weight is 305 g/mol. The van der Waals surface area contributed by atoms with Gasteiger partial charge in [0.05, 0.1) is 5.39 Å². The Morgan fingerprint density at radius 2 is 2.19 bits per heavy atom. The fourth-order valence-electron chi connectivity index (χ4n) is 2.91. The fraction of sp³-hybridized carbons (Fsp3) is 0.533. The zero-order valence-corrected chi connectivity index (χ0v) is 13.3. The van der Waals surface area contributed by atoms with Crippen LogP contribution in [0.2, 0.25) is 0 Å². The van der Waals surface area contributed by atoms with Crippen LogP contribution in [0.1, 0.15) is 36.0 Å². The van der Waals surface area contributed by atoms with Crippen LogP contribution in [0, 0.1) is 13.8 Å². The maximum absolute atomic E-state index is 11.5. The predicted octanol–water partition coefficient (Wildman–Crippen LogP) is 2.92. The molecule has 1 N–H and O–H groups in total. The highest BCUT2D eigenvalue weighted by Gasteiger charge is 2.33. The second kappa shape index (κ2) is 5.26. The van der Waals surface area contributed by atoms with Crippen molar-refractivity contribution in [3.8, 4) is 0 Å². The molecular weight excluding hydrogens is 286 g/mol. The summed E-state index contributed by atoms with van der Waals surface area (Å²) in [4.78, 5) is 24.9. The Balaban J connectivity index is 2.22. The first-order valence-electron chi connectivity index (χ1n) is 7.29. The lowest BCUT2D eigenvalue weighted by Gasteiger charge is -2.24. The molecule has 1 unspecified atom stereocenters. The minimum absolute atomic E-state index is 0.465. The summed E-state index contributed by atoms with van der Waals surface area (Å²) in [7, 11) is 0. The van der Waals surface area contributed by atoms with Gasteiger partial charge in [-0.3, -0.25) is 0 Å². The van der Waals surface area contributed by atoms with Gasteiger partial charge in [-0.1, -0.05) is 6.92 Å². The summed E-state index contributed by atoms with van der Waals surface area (Å²) >= 11 is 1.67. The van der Waals surface area contributed by atoms with Crippen LogP contribution in [0.3, 0.4) is 0 Å². The topological polar surface area (TPSA) is 66.3 Å². The standard InChI is InChI=1S/C15H19N3O2S/c1-4-11-16-13(18-7-5-6-10(18)15(19)20)12-8(2)9(3)21-14(12)17-11/h10H,4-7H2,1-3H3,(H,19,20). The van der Waals surface area contributed by atoms with Crippen LogP contribution >= 0.6 is 11.3 Å². The fourth-order valence-corrected chi connectivity index (χ4v) is 3.96. The van der Waals surface area contributed by atoms with Crippen molar-refractivity contribution in [1.29, 1.82) is 0 Å². The number of aromatic nitrogens is 2. The van der Waals surface area contributed by atoms with Crippen LogP contribution in [-0.2, 0) is 11.2 Å². The minimum Gasteiger partial charge on any atom is -0.480 e. The van der Waals surface area contributed by atoms with E-state index in [1.165, 1.54) is 10.4 Å². The van der Waals surface area contributed by atoms with Crippen molar-refractivity contribution >= 4 is 33.3 Å². The maximum atomic E-state index is 11.5. The minimum atomic E-state index is -0.762. The summed E-state index contributed by atoms with van der Waals surface area (Å²) in [6, 6.07) is -0.465. The third-order valence-electron chi connectivity index (χ3n) is 4.18. The third kappa shape index (κ3) is 2.27. The van der Waals surface area contributed by atoms with Crippen LogP contribution in [0.15, 0.2) is 0 Å². The molecule has 1 aliphatic rings. The van der Waals surface area contributed by atoms with Crippen molar-refractivity contribution in [2.24, 2.45) is 0 Å². The van der Waals surface area contributed by atoms with E-state index in [1.54, 1.807) is 11.3 Å². The number of carboxylic acids is 1. The van der Waals surface area contributed by atoms with E-state index in [0.29, 0.717) is 6.42 Å². The first-order valence-corrected chi connectivity index (χ1v) is 8.10. The van der Waals surface area contributed by atoms with E-state index in [9.17, 15) is 9.90 Å². The molecule has 5 nitrogen and oxygen atoms in total. The van der Waals surface area contributed by atoms with E-state index >= 15 is 0 Å². The van der Waals surface area contributed by atoms with Crippen LogP contribution in [0.25, 0.3) is 10.2 Å². The molecule has 0 radical (unpaired) electrons. The largest absolute Gasteiger partial charge is 0.480 e. The molecule has 3 heterocycles. The molecule has 1 atom stereocenters. The quantitative estimate of drug-likeness (QED) is 0.944. The molecule has 0 spiro atoms. The summed E-state index contributed by atoms with van der Waals surface area (Å²) in [6.45, 7) is 6.92. The highest BCUT2D eigenvalue weighted by atomic mass is 32.1. The summed E-state index contributed by atoms with van der Waals surface area (Å²) in [5.74, 6) is 0.834. The summed E-state index contributed by atoms with van der Waals surface area (Å²) in [6.07, 6.45) is 2.33. The Kier molecular flexibility index (Phi) is 3.57. The number of nitrogens with zero attached hydrogens (tertiary/aromatic N) is 3. The number of rotatable bonds is 3. The number of aliphatic carboxylic acids is 1. The van der Waals surface area contributed by atoms with Gasteiger partial charge in [0.25, 0.3) is 0 Å². The second-order valence-corrected chi connectivity index (χ2v) is 6.67. The second-order valence-electron chi connectivity index (χ2n) is 5.47. The van der Waals surface area contributed by atoms with Gasteiger partial charge >= 0.3 is 5.97 Å². The Morgan fingerprint density at radius 1 is 1.43 bits per heavy atom. The molecule has 3 rings (SSSR count). The van der Waals surface area contributed by atoms with Gasteiger partial charge in [0.15, 0.2) is 0 Å². The highest BCUT2D eigenvalue weighted by molar-refractivity contribution is 7.18. The summed E-state index contributed by atoms with van der Waals surface area (Å²) in [5.41, 5.74) is 1.17. The Hall–Kier alpha value is -1.69. The summed E-state index contributed by atoms with van der Waals surface area (Å²) in [5, 5.41) is 10.5. The summed E-state index contributed by atoms with van der Waals surface area (Å²) < 4.78 is 0. The van der Waals surface area contributed by atoms with Gasteiger partial charge in [-0.25, -0.2) is 14.8 Å². The van der Waals surface area contributed by atoms with Crippen molar-refractivity contribution in [3.63, 3.8) is 0 Å². The molecular formula is C15H19N3O2S. The predicted molar refractivity (Wildman–Crippen MR) is 84.3 cm³/mol. The first kappa shape index (κ1) is 14.3. The number of hydrogen-bond donors (Lipinski definition) is 1. The smallest absolute Gasteiger partial charge is 0.326 e. The maximum Gasteiger partial charge on any atom is 0.326 e. The lowest BCUT2D eigenvalue weighted by molar-refractivity contribution is -0.138. The molecule has 6 heteroatoms. The molecule has 0 bridgehead atoms. The molecule has 21 heavy (non-hydrogen) atoms. The van der Waals surface area contributed by atoms with Crippen LogP contribution < -0.4 is 4.90 Å². The molecule has 2 aromatic heterocycles. The van der Waals surface area contributed by atoms with Crippen molar-refractivity contribution in [3.05, 3.63) is 16.3 Å². The monoisotopic (exact) mass is 305 g/mol. The number of thiophene rings is 1. The molecule has 0 amide bonds. The Labute approximate surface area is 127 Å². The van der Waals surface area contributed by atoms with Gasteiger partial charge in [-0.15, -0.1) is 11.3 Å². The number of anilines is 1. The van der Waals surface area contributed by atoms with E-state index in [2.05, 4.69) is 23.8 Å². The molecule has 0 aromatic carbocycles. The van der Waals surface area contributed by atoms with Crippen molar-refractivity contribution in [1.82, 2.24) is 9.97 Å². The van der Waals surface area contributed by atoms with Gasteiger partial charge in [0.2, 0.25) is 0 Å². The molecule has 0 saturated carbocycles. The molecule has 1 aliphatic heterocycles. The van der Waals surface area contributed by atoms with E-state index in [0.717, 1.165) is 41.2 Å². The molecule has 112 valence electrons. The van der Waals surface area contributed by atoms with Gasteiger partial charge in [0.1, 0.15) is 22.5 Å². The van der Waals surface area contributed by atoms with Gasteiger partial charge in [0, 0.05) is 17.8 Å². The van der Waals surface area contributed by atoms with Gasteiger partial charge < -0.3 is 10.0 Å².